The number of nitrogens with one attached hydrogen (secondary N) is 1. The van der Waals surface area contributed by atoms with Crippen LogP contribution in [0.3, 0.4) is 0 Å². The number of ketones is 1. The van der Waals surface area contributed by atoms with E-state index in [-0.39, 0.29) is 39.4 Å². The minimum absolute atomic E-state index is 0.0178. The first-order chi connectivity index (χ1) is 14.6. The Bertz CT molecular complexity index is 1220. The molecule has 0 amide bonds. The largest absolute Gasteiger partial charge is 0.361 e. The van der Waals surface area contributed by atoms with E-state index in [4.69, 9.17) is 4.18 Å². The Kier molecular flexibility index (Phi) is 6.59. The Balaban J connectivity index is 2.12. The van der Waals surface area contributed by atoms with Crippen molar-refractivity contribution in [1.82, 2.24) is 15.1 Å². The molecule has 0 radical (unpaired) electrons. The van der Waals surface area contributed by atoms with E-state index < -0.39 is 25.7 Å². The lowest BCUT2D eigenvalue weighted by atomic mass is 9.91. The molecular weight excluding hydrogens is 442 g/mol. The average Bonchev–Trinajstić information content (AvgIpc) is 3.09. The predicted octanol–water partition coefficient (Wildman–Crippen LogP) is 2.00. The van der Waals surface area contributed by atoms with Crippen molar-refractivity contribution in [2.45, 2.75) is 51.1 Å². The summed E-state index contributed by atoms with van der Waals surface area (Å²) in [6.07, 6.45) is 2.06. The molecular formula is C20H27N3O6S2. The average molecular weight is 470 g/mol. The molecule has 9 nitrogen and oxygen atoms in total. The SMILES string of the molecule is CCCS(=O)(=O)Oc1c(C(=O)c2ccc3c(c2C)C(NC)CCS3(=O)=O)cnn1CC. The van der Waals surface area contributed by atoms with Crippen LogP contribution in [0, 0.1) is 6.92 Å². The van der Waals surface area contributed by atoms with Gasteiger partial charge in [0.15, 0.2) is 15.6 Å². The minimum Gasteiger partial charge on any atom is -0.361 e. The van der Waals surface area contributed by atoms with Crippen LogP contribution in [-0.4, -0.2) is 51.0 Å². The summed E-state index contributed by atoms with van der Waals surface area (Å²) in [6.45, 7) is 5.49. The van der Waals surface area contributed by atoms with E-state index in [1.54, 1.807) is 27.8 Å². The van der Waals surface area contributed by atoms with Gasteiger partial charge in [0.2, 0.25) is 5.88 Å². The van der Waals surface area contributed by atoms with Crippen LogP contribution < -0.4 is 9.50 Å². The van der Waals surface area contributed by atoms with Crippen LogP contribution in [0.4, 0.5) is 0 Å². The number of nitrogens with zero attached hydrogens (tertiary/aromatic N) is 2. The van der Waals surface area contributed by atoms with Crippen molar-refractivity contribution in [2.75, 3.05) is 18.6 Å². The van der Waals surface area contributed by atoms with Crippen LogP contribution in [0.15, 0.2) is 23.2 Å². The van der Waals surface area contributed by atoms with Crippen LogP contribution in [0.5, 0.6) is 5.88 Å². The zero-order valence-corrected chi connectivity index (χ0v) is 19.6. The van der Waals surface area contributed by atoms with Crippen LogP contribution in [0.2, 0.25) is 0 Å². The van der Waals surface area contributed by atoms with Gasteiger partial charge in [-0.05, 0) is 57.0 Å². The number of benzene rings is 1. The van der Waals surface area contributed by atoms with E-state index in [2.05, 4.69) is 10.4 Å². The molecule has 0 bridgehead atoms. The zero-order chi connectivity index (χ0) is 23.0. The van der Waals surface area contributed by atoms with Crippen molar-refractivity contribution in [3.63, 3.8) is 0 Å². The van der Waals surface area contributed by atoms with Gasteiger partial charge in [-0.3, -0.25) is 4.79 Å². The van der Waals surface area contributed by atoms with Gasteiger partial charge in [-0.1, -0.05) is 6.92 Å². The Morgan fingerprint density at radius 2 is 2.00 bits per heavy atom. The maximum atomic E-state index is 13.4. The van der Waals surface area contributed by atoms with Crippen LogP contribution >= 0.6 is 0 Å². The molecule has 1 atom stereocenters. The number of aromatic nitrogens is 2. The normalized spacial score (nSPS) is 17.9. The number of carbonyl (C=O) groups is 1. The second kappa shape index (κ2) is 8.71. The molecule has 0 fully saturated rings. The lowest BCUT2D eigenvalue weighted by molar-refractivity contribution is 0.103. The van der Waals surface area contributed by atoms with Gasteiger partial charge in [-0.2, -0.15) is 13.5 Å². The van der Waals surface area contributed by atoms with Gasteiger partial charge in [-0.15, -0.1) is 0 Å². The summed E-state index contributed by atoms with van der Waals surface area (Å²) in [6, 6.07) is 2.72. The fraction of sp³-hybridized carbons (Fsp3) is 0.500. The number of rotatable bonds is 8. The van der Waals surface area contributed by atoms with E-state index in [0.29, 0.717) is 30.5 Å². The molecule has 11 heteroatoms. The van der Waals surface area contributed by atoms with Gasteiger partial charge < -0.3 is 9.50 Å². The second-order valence-corrected chi connectivity index (χ2v) is 11.2. The molecule has 170 valence electrons. The molecule has 0 saturated carbocycles. The van der Waals surface area contributed by atoms with Crippen molar-refractivity contribution in [1.29, 1.82) is 0 Å². The van der Waals surface area contributed by atoms with Gasteiger partial charge >= 0.3 is 10.1 Å². The highest BCUT2D eigenvalue weighted by atomic mass is 32.2. The summed E-state index contributed by atoms with van der Waals surface area (Å²) < 4.78 is 56.1. The molecule has 0 aliphatic carbocycles. The first-order valence-corrected chi connectivity index (χ1v) is 13.3. The third-order valence-electron chi connectivity index (χ3n) is 5.42. The molecule has 2 heterocycles. The summed E-state index contributed by atoms with van der Waals surface area (Å²) >= 11 is 0. The molecule has 1 aromatic carbocycles. The molecule has 1 aliphatic heterocycles. The van der Waals surface area contributed by atoms with E-state index >= 15 is 0 Å². The highest BCUT2D eigenvalue weighted by Gasteiger charge is 2.33. The van der Waals surface area contributed by atoms with Crippen molar-refractivity contribution in [3.05, 3.63) is 40.6 Å². The van der Waals surface area contributed by atoms with Crippen LogP contribution in [-0.2, 0) is 26.5 Å². The smallest absolute Gasteiger partial charge is 0.310 e. The fourth-order valence-electron chi connectivity index (χ4n) is 3.87. The Morgan fingerprint density at radius 3 is 2.61 bits per heavy atom. The molecule has 3 rings (SSSR count). The lowest BCUT2D eigenvalue weighted by Gasteiger charge is -2.28. The highest BCUT2D eigenvalue weighted by Crippen LogP contribution is 2.37. The van der Waals surface area contributed by atoms with Gasteiger partial charge in [0, 0.05) is 18.2 Å². The quantitative estimate of drug-likeness (QED) is 0.460. The summed E-state index contributed by atoms with van der Waals surface area (Å²) in [5.41, 5.74) is 1.41. The van der Waals surface area contributed by atoms with Gasteiger partial charge in [-0.25, -0.2) is 13.1 Å². The molecule has 0 spiro atoms. The standard InChI is InChI=1S/C20H27N3O6S2/c1-5-10-31(27,28)29-20-15(12-22-23(20)6-2)19(24)14-7-8-17-18(13(14)3)16(21-4)9-11-30(17,25)26/h7-8,12,16,21H,5-6,9-11H2,1-4H3. The van der Waals surface area contributed by atoms with E-state index in [1.807, 2.05) is 0 Å². The first kappa shape index (κ1) is 23.4. The van der Waals surface area contributed by atoms with E-state index in [0.717, 1.165) is 0 Å². The summed E-state index contributed by atoms with van der Waals surface area (Å²) in [4.78, 5) is 13.6. The third kappa shape index (κ3) is 4.39. The Labute approximate surface area is 182 Å². The number of hydrogen-bond donors (Lipinski definition) is 1. The van der Waals surface area contributed by atoms with Gasteiger partial charge in [0.05, 0.1) is 22.6 Å². The fourth-order valence-corrected chi connectivity index (χ4v) is 6.54. The van der Waals surface area contributed by atoms with Crippen LogP contribution in [0.1, 0.15) is 59.8 Å². The number of aryl methyl sites for hydroxylation is 1. The van der Waals surface area contributed by atoms with Crippen LogP contribution in [0.25, 0.3) is 0 Å². The molecule has 1 unspecified atom stereocenters. The third-order valence-corrected chi connectivity index (χ3v) is 8.54. The number of carbonyl (C=O) groups excluding carboxylic acids is 1. The first-order valence-electron chi connectivity index (χ1n) is 10.1. The molecule has 0 saturated heterocycles. The maximum Gasteiger partial charge on any atom is 0.310 e. The highest BCUT2D eigenvalue weighted by molar-refractivity contribution is 7.91. The maximum absolute atomic E-state index is 13.4. The van der Waals surface area contributed by atoms with Crippen molar-refractivity contribution >= 4 is 25.7 Å². The molecule has 1 aliphatic rings. The topological polar surface area (TPSA) is 124 Å². The number of fused-ring (bicyclic) bond motifs is 1. The Hall–Kier alpha value is -2.24. The van der Waals surface area contributed by atoms with Crippen molar-refractivity contribution in [2.24, 2.45) is 0 Å². The Morgan fingerprint density at radius 1 is 1.29 bits per heavy atom. The zero-order valence-electron chi connectivity index (χ0n) is 18.0. The van der Waals surface area contributed by atoms with E-state index in [9.17, 15) is 21.6 Å². The molecule has 31 heavy (non-hydrogen) atoms. The monoisotopic (exact) mass is 469 g/mol. The summed E-state index contributed by atoms with van der Waals surface area (Å²) in [7, 11) is -5.56. The second-order valence-electron chi connectivity index (χ2n) is 7.45. The summed E-state index contributed by atoms with van der Waals surface area (Å²) in [5, 5.41) is 7.21. The lowest BCUT2D eigenvalue weighted by Crippen LogP contribution is -2.29. The van der Waals surface area contributed by atoms with Gasteiger partial charge in [0.25, 0.3) is 0 Å². The molecule has 1 aromatic heterocycles. The number of hydrogen-bond acceptors (Lipinski definition) is 8. The number of sulfone groups is 1. The van der Waals surface area contributed by atoms with Crippen molar-refractivity contribution < 1.29 is 25.8 Å². The molecule has 1 N–H and O–H groups in total. The van der Waals surface area contributed by atoms with Crippen molar-refractivity contribution in [3.8, 4) is 5.88 Å². The van der Waals surface area contributed by atoms with Gasteiger partial charge in [0.1, 0.15) is 5.56 Å². The minimum atomic E-state index is -3.88. The predicted molar refractivity (Wildman–Crippen MR) is 116 cm³/mol. The van der Waals surface area contributed by atoms with E-state index in [1.165, 1.54) is 23.0 Å². The molecule has 2 aromatic rings. The summed E-state index contributed by atoms with van der Waals surface area (Å²) in [5.74, 6) is -0.750.